The number of amides is 2. The van der Waals surface area contributed by atoms with Crippen molar-refractivity contribution in [3.8, 4) is 0 Å². The summed E-state index contributed by atoms with van der Waals surface area (Å²) >= 11 is 5.76. The van der Waals surface area contributed by atoms with E-state index in [-0.39, 0.29) is 29.1 Å². The van der Waals surface area contributed by atoms with Crippen LogP contribution < -0.4 is 16.8 Å². The summed E-state index contributed by atoms with van der Waals surface area (Å²) in [7, 11) is 0. The maximum Gasteiger partial charge on any atom is 0.326 e. The maximum atomic E-state index is 11.9. The van der Waals surface area contributed by atoms with E-state index in [2.05, 4.69) is 5.32 Å². The topological polar surface area (TPSA) is 136 Å². The van der Waals surface area contributed by atoms with Crippen molar-refractivity contribution in [2.45, 2.75) is 18.9 Å². The average Bonchev–Trinajstić information content (AvgIpc) is 2.32. The van der Waals surface area contributed by atoms with Gasteiger partial charge in [0.15, 0.2) is 0 Å². The van der Waals surface area contributed by atoms with E-state index < -0.39 is 23.8 Å². The molecule has 0 heterocycles. The Balaban J connectivity index is 2.79. The van der Waals surface area contributed by atoms with Crippen molar-refractivity contribution < 1.29 is 19.5 Å². The number of nitrogens with one attached hydrogen (secondary N) is 1. The van der Waals surface area contributed by atoms with Crippen LogP contribution in [0.15, 0.2) is 18.2 Å². The molecule has 1 rings (SSSR count). The highest BCUT2D eigenvalue weighted by Crippen LogP contribution is 2.16. The van der Waals surface area contributed by atoms with Crippen LogP contribution in [0.2, 0.25) is 5.02 Å². The van der Waals surface area contributed by atoms with Crippen molar-refractivity contribution in [3.05, 3.63) is 28.8 Å². The van der Waals surface area contributed by atoms with E-state index in [9.17, 15) is 14.4 Å². The zero-order valence-corrected chi connectivity index (χ0v) is 11.2. The molecule has 20 heavy (non-hydrogen) atoms. The standard InChI is InChI=1S/C12H14ClN3O4/c13-7-3-6(4-8(14)5-7)11(18)16-9(12(19)20)1-2-10(15)17/h3-5,9H,1-2,14H2,(H2,15,17)(H,16,18)(H,19,20)/t9-/m1/s1. The first-order valence-electron chi connectivity index (χ1n) is 5.67. The number of aliphatic carboxylic acids is 1. The molecule has 7 nitrogen and oxygen atoms in total. The first-order valence-corrected chi connectivity index (χ1v) is 6.05. The third-order valence-electron chi connectivity index (χ3n) is 2.47. The minimum Gasteiger partial charge on any atom is -0.480 e. The number of hydrogen-bond acceptors (Lipinski definition) is 4. The van der Waals surface area contributed by atoms with E-state index in [1.54, 1.807) is 0 Å². The molecule has 6 N–H and O–H groups in total. The Morgan fingerprint density at radius 3 is 2.45 bits per heavy atom. The van der Waals surface area contributed by atoms with E-state index in [1.165, 1.54) is 18.2 Å². The molecular formula is C12H14ClN3O4. The van der Waals surface area contributed by atoms with Gasteiger partial charge in [-0.15, -0.1) is 0 Å². The fourth-order valence-electron chi connectivity index (χ4n) is 1.53. The predicted molar refractivity (Wildman–Crippen MR) is 73.2 cm³/mol. The van der Waals surface area contributed by atoms with E-state index >= 15 is 0 Å². The van der Waals surface area contributed by atoms with Crippen LogP contribution in [0.3, 0.4) is 0 Å². The minimum atomic E-state index is -1.25. The highest BCUT2D eigenvalue weighted by molar-refractivity contribution is 6.31. The molecule has 1 aromatic carbocycles. The summed E-state index contributed by atoms with van der Waals surface area (Å²) in [5, 5.41) is 11.5. The summed E-state index contributed by atoms with van der Waals surface area (Å²) in [6.45, 7) is 0. The van der Waals surface area contributed by atoms with Gasteiger partial charge in [0, 0.05) is 22.7 Å². The number of carboxylic acid groups (broad SMARTS) is 1. The Morgan fingerprint density at radius 1 is 1.30 bits per heavy atom. The van der Waals surface area contributed by atoms with E-state index in [1.807, 2.05) is 0 Å². The van der Waals surface area contributed by atoms with Crippen LogP contribution in [-0.4, -0.2) is 28.9 Å². The largest absolute Gasteiger partial charge is 0.480 e. The lowest BCUT2D eigenvalue weighted by atomic mass is 10.1. The van der Waals surface area contributed by atoms with Crippen LogP contribution in [0.25, 0.3) is 0 Å². The molecule has 0 saturated heterocycles. The number of nitrogens with two attached hydrogens (primary N) is 2. The second-order valence-corrected chi connectivity index (χ2v) is 4.58. The fourth-order valence-corrected chi connectivity index (χ4v) is 1.77. The predicted octanol–water partition coefficient (Wildman–Crippen LogP) is 0.371. The van der Waals surface area contributed by atoms with Crippen molar-refractivity contribution in [2.75, 3.05) is 5.73 Å². The van der Waals surface area contributed by atoms with Crippen LogP contribution in [0.1, 0.15) is 23.2 Å². The lowest BCUT2D eigenvalue weighted by molar-refractivity contribution is -0.139. The van der Waals surface area contributed by atoms with Gasteiger partial charge in [0.25, 0.3) is 5.91 Å². The number of nitrogen functional groups attached to an aromatic ring is 1. The molecule has 0 aliphatic carbocycles. The molecule has 0 spiro atoms. The molecule has 0 radical (unpaired) electrons. The van der Waals surface area contributed by atoms with Crippen molar-refractivity contribution in [1.29, 1.82) is 0 Å². The zero-order valence-electron chi connectivity index (χ0n) is 10.4. The molecule has 0 aromatic heterocycles. The van der Waals surface area contributed by atoms with Crippen molar-refractivity contribution in [1.82, 2.24) is 5.32 Å². The van der Waals surface area contributed by atoms with Gasteiger partial charge in [-0.25, -0.2) is 4.79 Å². The van der Waals surface area contributed by atoms with Gasteiger partial charge in [-0.3, -0.25) is 9.59 Å². The maximum absolute atomic E-state index is 11.9. The van der Waals surface area contributed by atoms with Gasteiger partial charge < -0.3 is 21.9 Å². The Hall–Kier alpha value is -2.28. The van der Waals surface area contributed by atoms with Crippen LogP contribution in [0.5, 0.6) is 0 Å². The summed E-state index contributed by atoms with van der Waals surface area (Å²) in [6, 6.07) is 2.98. The molecule has 1 atom stereocenters. The van der Waals surface area contributed by atoms with Crippen LogP contribution in [0, 0.1) is 0 Å². The number of hydrogen-bond donors (Lipinski definition) is 4. The molecule has 0 fully saturated rings. The monoisotopic (exact) mass is 299 g/mol. The highest BCUT2D eigenvalue weighted by Gasteiger charge is 2.21. The summed E-state index contributed by atoms with van der Waals surface area (Å²) in [5.74, 6) is -2.54. The average molecular weight is 300 g/mol. The lowest BCUT2D eigenvalue weighted by Gasteiger charge is -2.14. The first-order chi connectivity index (χ1) is 9.29. The molecule has 0 aliphatic heterocycles. The number of primary amides is 1. The third kappa shape index (κ3) is 4.77. The highest BCUT2D eigenvalue weighted by atomic mass is 35.5. The molecule has 0 aliphatic rings. The number of carbonyl (C=O) groups is 3. The number of rotatable bonds is 6. The number of carboxylic acids is 1. The van der Waals surface area contributed by atoms with Gasteiger partial charge in [0.2, 0.25) is 5.91 Å². The Morgan fingerprint density at radius 2 is 1.95 bits per heavy atom. The van der Waals surface area contributed by atoms with E-state index in [0.29, 0.717) is 0 Å². The molecule has 1 aromatic rings. The van der Waals surface area contributed by atoms with E-state index in [0.717, 1.165) is 0 Å². The van der Waals surface area contributed by atoms with Crippen molar-refractivity contribution in [2.24, 2.45) is 5.73 Å². The van der Waals surface area contributed by atoms with Gasteiger partial charge >= 0.3 is 5.97 Å². The lowest BCUT2D eigenvalue weighted by Crippen LogP contribution is -2.41. The van der Waals surface area contributed by atoms with Crippen LogP contribution in [0.4, 0.5) is 5.69 Å². The Labute approximate surface area is 119 Å². The molecule has 108 valence electrons. The summed E-state index contributed by atoms with van der Waals surface area (Å²) < 4.78 is 0. The summed E-state index contributed by atoms with van der Waals surface area (Å²) in [6.07, 6.45) is -0.235. The molecular weight excluding hydrogens is 286 g/mol. The number of anilines is 1. The first kappa shape index (κ1) is 15.8. The molecule has 0 unspecified atom stereocenters. The van der Waals surface area contributed by atoms with Gasteiger partial charge in [-0.1, -0.05) is 11.6 Å². The number of halogens is 1. The molecule has 0 saturated carbocycles. The normalized spacial score (nSPS) is 11.7. The SMILES string of the molecule is NC(=O)CC[C@@H](NC(=O)c1cc(N)cc(Cl)c1)C(=O)O. The van der Waals surface area contributed by atoms with Gasteiger partial charge in [0.05, 0.1) is 0 Å². The smallest absolute Gasteiger partial charge is 0.326 e. The second-order valence-electron chi connectivity index (χ2n) is 4.14. The summed E-state index contributed by atoms with van der Waals surface area (Å²) in [4.78, 5) is 33.6. The molecule has 0 bridgehead atoms. The van der Waals surface area contributed by atoms with Crippen LogP contribution in [-0.2, 0) is 9.59 Å². The fraction of sp³-hybridized carbons (Fsp3) is 0.250. The third-order valence-corrected chi connectivity index (χ3v) is 2.68. The Bertz CT molecular complexity index is 527. The summed E-state index contributed by atoms with van der Waals surface area (Å²) in [5.41, 5.74) is 10.9. The minimum absolute atomic E-state index is 0.0908. The van der Waals surface area contributed by atoms with E-state index in [4.69, 9.17) is 28.2 Å². The van der Waals surface area contributed by atoms with Crippen LogP contribution >= 0.6 is 11.6 Å². The zero-order chi connectivity index (χ0) is 15.3. The molecule has 8 heteroatoms. The van der Waals surface area contributed by atoms with Gasteiger partial charge in [0.1, 0.15) is 6.04 Å². The van der Waals surface area contributed by atoms with Crippen molar-refractivity contribution in [3.63, 3.8) is 0 Å². The second kappa shape index (κ2) is 6.76. The van der Waals surface area contributed by atoms with Crippen molar-refractivity contribution >= 4 is 35.1 Å². The van der Waals surface area contributed by atoms with Gasteiger partial charge in [-0.2, -0.15) is 0 Å². The Kier molecular flexibility index (Phi) is 5.33. The van der Waals surface area contributed by atoms with Gasteiger partial charge in [-0.05, 0) is 24.6 Å². The number of benzene rings is 1. The molecule has 2 amide bonds. The quantitative estimate of drug-likeness (QED) is 0.563. The number of carbonyl (C=O) groups excluding carboxylic acids is 2.